The van der Waals surface area contributed by atoms with Crippen LogP contribution >= 0.6 is 11.6 Å². The van der Waals surface area contributed by atoms with Crippen molar-refractivity contribution >= 4 is 23.4 Å². The lowest BCUT2D eigenvalue weighted by Gasteiger charge is -2.32. The van der Waals surface area contributed by atoms with Crippen LogP contribution in [0.4, 0.5) is 8.78 Å². The molecule has 0 bridgehead atoms. The third-order valence-electron chi connectivity index (χ3n) is 5.45. The lowest BCUT2D eigenvalue weighted by atomic mass is 10.00. The summed E-state index contributed by atoms with van der Waals surface area (Å²) in [7, 11) is 0. The third kappa shape index (κ3) is 4.03. The minimum atomic E-state index is -0.600. The first-order chi connectivity index (χ1) is 15.3. The zero-order valence-electron chi connectivity index (χ0n) is 17.0. The summed E-state index contributed by atoms with van der Waals surface area (Å²) in [4.78, 5) is 39.4. The van der Waals surface area contributed by atoms with Gasteiger partial charge in [-0.1, -0.05) is 11.6 Å². The molecular formula is C22H19ClF2N4O3. The lowest BCUT2D eigenvalue weighted by Crippen LogP contribution is -2.44. The molecule has 10 heteroatoms. The van der Waals surface area contributed by atoms with E-state index < -0.39 is 17.7 Å². The second kappa shape index (κ2) is 8.58. The lowest BCUT2D eigenvalue weighted by molar-refractivity contribution is -0.133. The maximum absolute atomic E-state index is 13.5. The van der Waals surface area contributed by atoms with E-state index in [2.05, 4.69) is 10.4 Å². The van der Waals surface area contributed by atoms with Crippen molar-refractivity contribution in [2.24, 2.45) is 0 Å². The van der Waals surface area contributed by atoms with Gasteiger partial charge in [-0.3, -0.25) is 19.5 Å². The van der Waals surface area contributed by atoms with Gasteiger partial charge in [0.1, 0.15) is 11.6 Å². The summed E-state index contributed by atoms with van der Waals surface area (Å²) in [6, 6.07) is 8.50. The first kappa shape index (κ1) is 21.8. The summed E-state index contributed by atoms with van der Waals surface area (Å²) in [6.45, 7) is 2.09. The van der Waals surface area contributed by atoms with Crippen LogP contribution in [-0.4, -0.2) is 39.6 Å². The van der Waals surface area contributed by atoms with Gasteiger partial charge < -0.3 is 10.2 Å². The van der Waals surface area contributed by atoms with Crippen molar-refractivity contribution in [3.8, 4) is 5.69 Å². The molecule has 0 saturated heterocycles. The Hall–Kier alpha value is -3.46. The van der Waals surface area contributed by atoms with Gasteiger partial charge in [-0.2, -0.15) is 0 Å². The van der Waals surface area contributed by atoms with Gasteiger partial charge in [0.15, 0.2) is 0 Å². The average Bonchev–Trinajstić information content (AvgIpc) is 3.09. The predicted octanol–water partition coefficient (Wildman–Crippen LogP) is 2.97. The number of H-pyrrole nitrogens is 1. The van der Waals surface area contributed by atoms with E-state index in [0.29, 0.717) is 22.5 Å². The highest BCUT2D eigenvalue weighted by Gasteiger charge is 2.34. The van der Waals surface area contributed by atoms with Crippen molar-refractivity contribution in [1.29, 1.82) is 0 Å². The first-order valence-electron chi connectivity index (χ1n) is 9.88. The van der Waals surface area contributed by atoms with Crippen LogP contribution in [0.3, 0.4) is 0 Å². The molecule has 0 fully saturated rings. The zero-order chi connectivity index (χ0) is 23.0. The standard InChI is InChI=1S/C22H19ClF2N4O3/c1-12-20-18(27-29(22(20)32)15-6-7-17(25)16(23)10-15)11-19(30)28(12)9-8-26-21(31)13-2-4-14(24)5-3-13/h2-7,10,12,27H,8-9,11H2,1H3,(H,26,31). The molecule has 0 saturated carbocycles. The maximum Gasteiger partial charge on any atom is 0.276 e. The van der Waals surface area contributed by atoms with Crippen LogP contribution in [0, 0.1) is 11.6 Å². The maximum atomic E-state index is 13.5. The topological polar surface area (TPSA) is 87.2 Å². The number of nitrogens with one attached hydrogen (secondary N) is 2. The van der Waals surface area contributed by atoms with E-state index in [1.165, 1.54) is 46.0 Å². The number of halogens is 3. The third-order valence-corrected chi connectivity index (χ3v) is 5.73. The Morgan fingerprint density at radius 1 is 1.19 bits per heavy atom. The molecule has 3 aromatic rings. The van der Waals surface area contributed by atoms with E-state index in [0.717, 1.165) is 6.07 Å². The van der Waals surface area contributed by atoms with Crippen LogP contribution in [0.2, 0.25) is 5.02 Å². The van der Waals surface area contributed by atoms with Crippen molar-refractivity contribution in [3.63, 3.8) is 0 Å². The normalized spacial score (nSPS) is 15.6. The average molecular weight is 461 g/mol. The predicted molar refractivity (Wildman–Crippen MR) is 114 cm³/mol. The molecule has 1 aliphatic rings. The van der Waals surface area contributed by atoms with E-state index in [1.54, 1.807) is 6.92 Å². The van der Waals surface area contributed by atoms with Gasteiger partial charge in [0.05, 0.1) is 34.4 Å². The molecule has 166 valence electrons. The molecule has 2 aromatic carbocycles. The quantitative estimate of drug-likeness (QED) is 0.613. The smallest absolute Gasteiger partial charge is 0.276 e. The number of carbonyl (C=O) groups excluding carboxylic acids is 2. The van der Waals surface area contributed by atoms with Gasteiger partial charge in [0.2, 0.25) is 5.91 Å². The number of hydrogen-bond donors (Lipinski definition) is 2. The molecule has 1 atom stereocenters. The molecule has 2 heterocycles. The molecule has 4 rings (SSSR count). The molecule has 2 amide bonds. The number of fused-ring (bicyclic) bond motifs is 1. The van der Waals surface area contributed by atoms with Crippen LogP contribution < -0.4 is 10.9 Å². The Morgan fingerprint density at radius 3 is 2.59 bits per heavy atom. The monoisotopic (exact) mass is 460 g/mol. The molecule has 32 heavy (non-hydrogen) atoms. The number of aromatic nitrogens is 2. The largest absolute Gasteiger partial charge is 0.350 e. The minimum Gasteiger partial charge on any atom is -0.350 e. The SMILES string of the molecule is CC1c2c([nH]n(-c3ccc(F)c(Cl)c3)c2=O)CC(=O)N1CCNC(=O)c1ccc(F)cc1. The molecular weight excluding hydrogens is 442 g/mol. The Balaban J connectivity index is 1.50. The fraction of sp³-hybridized carbons (Fsp3) is 0.227. The molecule has 7 nitrogen and oxygen atoms in total. The summed E-state index contributed by atoms with van der Waals surface area (Å²) in [6.07, 6.45) is -0.0112. The van der Waals surface area contributed by atoms with Crippen molar-refractivity contribution in [2.75, 3.05) is 13.1 Å². The number of benzene rings is 2. The van der Waals surface area contributed by atoms with E-state index in [4.69, 9.17) is 11.6 Å². The second-order valence-electron chi connectivity index (χ2n) is 7.45. The Labute approximate surface area is 186 Å². The summed E-state index contributed by atoms with van der Waals surface area (Å²) in [5.41, 5.74) is 1.21. The number of aromatic amines is 1. The molecule has 2 N–H and O–H groups in total. The number of rotatable bonds is 5. The van der Waals surface area contributed by atoms with Crippen molar-refractivity contribution < 1.29 is 18.4 Å². The highest BCUT2D eigenvalue weighted by Crippen LogP contribution is 2.27. The fourth-order valence-electron chi connectivity index (χ4n) is 3.80. The van der Waals surface area contributed by atoms with Crippen molar-refractivity contribution in [2.45, 2.75) is 19.4 Å². The Bertz CT molecular complexity index is 1250. The van der Waals surface area contributed by atoms with E-state index >= 15 is 0 Å². The highest BCUT2D eigenvalue weighted by atomic mass is 35.5. The van der Waals surface area contributed by atoms with Crippen LogP contribution in [0.5, 0.6) is 0 Å². The number of amides is 2. The van der Waals surface area contributed by atoms with Crippen molar-refractivity contribution in [3.05, 3.63) is 86.3 Å². The van der Waals surface area contributed by atoms with Gasteiger partial charge in [-0.25, -0.2) is 13.5 Å². The van der Waals surface area contributed by atoms with E-state index in [-0.39, 0.29) is 41.9 Å². The van der Waals surface area contributed by atoms with Crippen LogP contribution in [0.15, 0.2) is 47.3 Å². The van der Waals surface area contributed by atoms with E-state index in [1.807, 2.05) is 0 Å². The Kier molecular flexibility index (Phi) is 5.84. The van der Waals surface area contributed by atoms with Crippen LogP contribution in [-0.2, 0) is 11.2 Å². The molecule has 1 aliphatic heterocycles. The summed E-state index contributed by atoms with van der Waals surface area (Å²) < 4.78 is 27.7. The van der Waals surface area contributed by atoms with Crippen LogP contribution in [0.25, 0.3) is 5.69 Å². The van der Waals surface area contributed by atoms with Crippen molar-refractivity contribution in [1.82, 2.24) is 20.0 Å². The number of carbonyl (C=O) groups is 2. The summed E-state index contributed by atoms with van der Waals surface area (Å²) in [5, 5.41) is 5.49. The zero-order valence-corrected chi connectivity index (χ0v) is 17.7. The van der Waals surface area contributed by atoms with Gasteiger partial charge in [0.25, 0.3) is 11.5 Å². The first-order valence-corrected chi connectivity index (χ1v) is 10.3. The Morgan fingerprint density at radius 2 is 1.91 bits per heavy atom. The molecule has 1 unspecified atom stereocenters. The molecule has 0 spiro atoms. The summed E-state index contributed by atoms with van der Waals surface area (Å²) >= 11 is 5.83. The molecule has 0 aliphatic carbocycles. The van der Waals surface area contributed by atoms with Gasteiger partial charge in [-0.15, -0.1) is 0 Å². The second-order valence-corrected chi connectivity index (χ2v) is 7.85. The minimum absolute atomic E-state index is 0.0112. The number of nitrogens with zero attached hydrogens (tertiary/aromatic N) is 2. The highest BCUT2D eigenvalue weighted by molar-refractivity contribution is 6.30. The fourth-order valence-corrected chi connectivity index (χ4v) is 3.98. The molecule has 0 radical (unpaired) electrons. The van der Waals surface area contributed by atoms with Crippen LogP contribution in [0.1, 0.15) is 34.6 Å². The molecule has 1 aromatic heterocycles. The van der Waals surface area contributed by atoms with E-state index in [9.17, 15) is 23.2 Å². The van der Waals surface area contributed by atoms with Gasteiger partial charge in [-0.05, 0) is 49.4 Å². The number of hydrogen-bond acceptors (Lipinski definition) is 3. The summed E-state index contributed by atoms with van der Waals surface area (Å²) in [5.74, 6) is -1.63. The van der Waals surface area contributed by atoms with Gasteiger partial charge >= 0.3 is 0 Å². The van der Waals surface area contributed by atoms with Gasteiger partial charge in [0, 0.05) is 18.7 Å².